The predicted molar refractivity (Wildman–Crippen MR) is 110 cm³/mol. The Kier molecular flexibility index (Phi) is 5.14. The van der Waals surface area contributed by atoms with E-state index >= 15 is 0 Å². The van der Waals surface area contributed by atoms with Crippen molar-refractivity contribution in [2.45, 2.75) is 18.3 Å². The number of rotatable bonds is 2. The van der Waals surface area contributed by atoms with Gasteiger partial charge >= 0.3 is 0 Å². The summed E-state index contributed by atoms with van der Waals surface area (Å²) in [5.41, 5.74) is 2.39. The smallest absolute Gasteiger partial charge is 0.247 e. The van der Waals surface area contributed by atoms with Gasteiger partial charge in [-0.3, -0.25) is 9.69 Å². The number of ether oxygens (including phenoxy) is 1. The van der Waals surface area contributed by atoms with Crippen LogP contribution in [0.1, 0.15) is 18.7 Å². The highest BCUT2D eigenvalue weighted by molar-refractivity contribution is 7.98. The Labute approximate surface area is 175 Å². The first-order valence-corrected chi connectivity index (χ1v) is 10.3. The lowest BCUT2D eigenvalue weighted by atomic mass is 10.1. The molecule has 0 fully saturated rings. The van der Waals surface area contributed by atoms with Gasteiger partial charge in [0.15, 0.2) is 5.69 Å². The first kappa shape index (κ1) is 19.0. The number of anilines is 1. The Morgan fingerprint density at radius 2 is 1.96 bits per heavy atom. The number of benzene rings is 2. The highest BCUT2D eigenvalue weighted by Crippen LogP contribution is 2.44. The summed E-state index contributed by atoms with van der Waals surface area (Å²) in [6, 6.07) is 12.4. The van der Waals surface area contributed by atoms with Crippen LogP contribution in [0.15, 0.2) is 47.6 Å². The van der Waals surface area contributed by atoms with Crippen LogP contribution >= 0.6 is 35.0 Å². The minimum atomic E-state index is -0.837. The highest BCUT2D eigenvalue weighted by Gasteiger charge is 2.35. The van der Waals surface area contributed by atoms with Crippen LogP contribution in [-0.4, -0.2) is 27.3 Å². The molecule has 1 aliphatic heterocycles. The first-order chi connectivity index (χ1) is 13.5. The zero-order chi connectivity index (χ0) is 19.8. The van der Waals surface area contributed by atoms with E-state index < -0.39 is 6.23 Å². The van der Waals surface area contributed by atoms with Gasteiger partial charge in [-0.25, -0.2) is 0 Å². The van der Waals surface area contributed by atoms with Crippen molar-refractivity contribution in [2.75, 3.05) is 11.2 Å². The third kappa shape index (κ3) is 3.30. The monoisotopic (exact) mass is 432 g/mol. The van der Waals surface area contributed by atoms with E-state index in [4.69, 9.17) is 27.9 Å². The van der Waals surface area contributed by atoms with E-state index in [1.54, 1.807) is 18.2 Å². The van der Waals surface area contributed by atoms with E-state index in [1.165, 1.54) is 23.6 Å². The third-order valence-corrected chi connectivity index (χ3v) is 5.36. The summed E-state index contributed by atoms with van der Waals surface area (Å²) >= 11 is 13.8. The number of hydrogen-bond acceptors (Lipinski definition) is 6. The van der Waals surface area contributed by atoms with Crippen molar-refractivity contribution in [1.29, 1.82) is 0 Å². The minimum absolute atomic E-state index is 0.214. The average molecular weight is 433 g/mol. The van der Waals surface area contributed by atoms with Crippen molar-refractivity contribution in [3.8, 4) is 17.1 Å². The van der Waals surface area contributed by atoms with Crippen molar-refractivity contribution in [2.24, 2.45) is 0 Å². The van der Waals surface area contributed by atoms with E-state index in [1.807, 2.05) is 30.5 Å². The van der Waals surface area contributed by atoms with Crippen molar-refractivity contribution in [1.82, 2.24) is 15.2 Å². The molecule has 1 amide bonds. The molecule has 4 rings (SSSR count). The van der Waals surface area contributed by atoms with Crippen LogP contribution in [0.2, 0.25) is 10.0 Å². The Morgan fingerprint density at radius 3 is 2.68 bits per heavy atom. The molecule has 1 aromatic heterocycles. The van der Waals surface area contributed by atoms with Gasteiger partial charge in [0, 0.05) is 23.1 Å². The van der Waals surface area contributed by atoms with Crippen LogP contribution in [0.5, 0.6) is 5.88 Å². The molecule has 3 aromatic rings. The molecule has 1 atom stereocenters. The second-order valence-corrected chi connectivity index (χ2v) is 7.61. The van der Waals surface area contributed by atoms with E-state index in [0.717, 1.165) is 0 Å². The molecule has 0 bridgehead atoms. The lowest BCUT2D eigenvalue weighted by Crippen LogP contribution is -2.36. The van der Waals surface area contributed by atoms with Crippen molar-refractivity contribution in [3.05, 3.63) is 58.1 Å². The van der Waals surface area contributed by atoms with Crippen LogP contribution in [0.25, 0.3) is 11.3 Å². The fourth-order valence-electron chi connectivity index (χ4n) is 3.04. The Hall–Kier alpha value is -2.35. The average Bonchev–Trinajstić information content (AvgIpc) is 2.81. The van der Waals surface area contributed by atoms with Gasteiger partial charge in [0.1, 0.15) is 0 Å². The summed E-state index contributed by atoms with van der Waals surface area (Å²) in [7, 11) is 0. The molecule has 28 heavy (non-hydrogen) atoms. The van der Waals surface area contributed by atoms with Crippen molar-refractivity contribution in [3.63, 3.8) is 0 Å². The minimum Gasteiger partial charge on any atom is -0.447 e. The molecular formula is C19H14Cl2N4O2S. The molecule has 0 saturated carbocycles. The molecule has 0 saturated heterocycles. The van der Waals surface area contributed by atoms with Gasteiger partial charge in [0.2, 0.25) is 23.2 Å². The Balaban J connectivity index is 1.99. The number of para-hydroxylation sites is 1. The maximum atomic E-state index is 12.7. The van der Waals surface area contributed by atoms with E-state index in [2.05, 4.69) is 15.2 Å². The molecular weight excluding hydrogens is 419 g/mol. The van der Waals surface area contributed by atoms with Gasteiger partial charge < -0.3 is 4.74 Å². The van der Waals surface area contributed by atoms with Crippen LogP contribution in [-0.2, 0) is 4.79 Å². The fourth-order valence-corrected chi connectivity index (χ4v) is 3.84. The van der Waals surface area contributed by atoms with E-state index in [-0.39, 0.29) is 11.8 Å². The summed E-state index contributed by atoms with van der Waals surface area (Å²) in [4.78, 5) is 18.7. The third-order valence-electron chi connectivity index (χ3n) is 4.26. The summed E-state index contributed by atoms with van der Waals surface area (Å²) in [6.45, 7) is 1.47. The maximum absolute atomic E-state index is 12.7. The zero-order valence-corrected chi connectivity index (χ0v) is 17.2. The van der Waals surface area contributed by atoms with E-state index in [0.29, 0.717) is 37.7 Å². The molecule has 1 aliphatic rings. The predicted octanol–water partition coefficient (Wildman–Crippen LogP) is 5.01. The summed E-state index contributed by atoms with van der Waals surface area (Å²) < 4.78 is 6.21. The van der Waals surface area contributed by atoms with Gasteiger partial charge in [-0.15, -0.1) is 10.2 Å². The lowest BCUT2D eigenvalue weighted by Gasteiger charge is -2.30. The molecule has 0 aliphatic carbocycles. The van der Waals surface area contributed by atoms with Crippen LogP contribution < -0.4 is 9.64 Å². The van der Waals surface area contributed by atoms with Gasteiger partial charge in [0.05, 0.1) is 10.7 Å². The number of hydrogen-bond donors (Lipinski definition) is 0. The van der Waals surface area contributed by atoms with Crippen molar-refractivity contribution >= 4 is 46.6 Å². The fraction of sp³-hybridized carbons (Fsp3) is 0.158. The molecule has 2 heterocycles. The first-order valence-electron chi connectivity index (χ1n) is 8.29. The largest absolute Gasteiger partial charge is 0.447 e. The number of carbonyl (C=O) groups is 1. The van der Waals surface area contributed by atoms with Gasteiger partial charge in [-0.1, -0.05) is 59.2 Å². The molecule has 9 heteroatoms. The highest BCUT2D eigenvalue weighted by atomic mass is 35.5. The number of nitrogens with zero attached hydrogens (tertiary/aromatic N) is 4. The normalized spacial score (nSPS) is 15.3. The quantitative estimate of drug-likeness (QED) is 0.530. The molecule has 142 valence electrons. The topological polar surface area (TPSA) is 68.2 Å². The number of carbonyl (C=O) groups excluding carboxylic acids is 1. The van der Waals surface area contributed by atoms with Crippen molar-refractivity contribution < 1.29 is 9.53 Å². The van der Waals surface area contributed by atoms with Gasteiger partial charge in [-0.2, -0.15) is 4.98 Å². The summed E-state index contributed by atoms with van der Waals surface area (Å²) in [6.07, 6.45) is 1.01. The maximum Gasteiger partial charge on any atom is 0.247 e. The molecule has 0 radical (unpaired) electrons. The van der Waals surface area contributed by atoms with E-state index in [9.17, 15) is 4.79 Å². The molecule has 0 spiro atoms. The Bertz CT molecular complexity index is 1080. The molecule has 0 N–H and O–H groups in total. The number of amides is 1. The van der Waals surface area contributed by atoms with Crippen LogP contribution in [0.3, 0.4) is 0 Å². The molecule has 6 nitrogen and oxygen atoms in total. The molecule has 2 aromatic carbocycles. The summed E-state index contributed by atoms with van der Waals surface area (Å²) in [5.74, 6) is 0.0703. The van der Waals surface area contributed by atoms with Crippen LogP contribution in [0.4, 0.5) is 5.69 Å². The number of aromatic nitrogens is 3. The number of halogens is 2. The SMILES string of the molecule is CSc1nnc2c(n1)O[C@@H](c1ccc(Cl)cc1Cl)N(C(C)=O)c1ccccc1-2. The second-order valence-electron chi connectivity index (χ2n) is 5.99. The zero-order valence-electron chi connectivity index (χ0n) is 14.9. The Morgan fingerprint density at radius 1 is 1.18 bits per heavy atom. The number of thioether (sulfide) groups is 1. The molecule has 0 unspecified atom stereocenters. The standard InChI is InChI=1S/C19H14Cl2N4O2S/c1-10(26)25-15-6-4-3-5-13(15)16-17(22-19(28-2)24-23-16)27-18(25)12-8-7-11(20)9-14(12)21/h3-9,18H,1-2H3/t18-/m0/s1. The van der Waals surface area contributed by atoms with Gasteiger partial charge in [0.25, 0.3) is 0 Å². The second kappa shape index (κ2) is 7.58. The van der Waals surface area contributed by atoms with Gasteiger partial charge in [-0.05, 0) is 24.5 Å². The summed E-state index contributed by atoms with van der Waals surface area (Å²) in [5, 5.41) is 9.77. The number of fused-ring (bicyclic) bond motifs is 3. The lowest BCUT2D eigenvalue weighted by molar-refractivity contribution is -0.118. The van der Waals surface area contributed by atoms with Crippen LogP contribution in [0, 0.1) is 0 Å².